The average Bonchev–Trinajstić information content (AvgIpc) is 3.46. The van der Waals surface area contributed by atoms with Crippen LogP contribution in [-0.2, 0) is 0 Å². The van der Waals surface area contributed by atoms with Crippen LogP contribution in [0, 0.1) is 45.3 Å². The van der Waals surface area contributed by atoms with Crippen LogP contribution in [0.2, 0.25) is 0 Å². The molecule has 26 heavy (non-hydrogen) atoms. The summed E-state index contributed by atoms with van der Waals surface area (Å²) in [5.41, 5.74) is 5.86. The van der Waals surface area contributed by atoms with Crippen LogP contribution in [0.15, 0.2) is 47.2 Å². The van der Waals surface area contributed by atoms with Crippen LogP contribution >= 0.6 is 0 Å². The molecule has 0 radical (unpaired) electrons. The van der Waals surface area contributed by atoms with Gasteiger partial charge in [0.1, 0.15) is 11.8 Å². The maximum Gasteiger partial charge on any atom is 0.387 e. The minimum Gasteiger partial charge on any atom is -0.435 e. The van der Waals surface area contributed by atoms with E-state index in [9.17, 15) is 24.6 Å². The van der Waals surface area contributed by atoms with Gasteiger partial charge in [0.2, 0.25) is 0 Å². The first-order valence-electron chi connectivity index (χ1n) is 7.96. The van der Waals surface area contributed by atoms with Crippen molar-refractivity contribution in [2.24, 2.45) is 17.1 Å². The normalized spacial score (nSPS) is 21.4. The molecule has 1 aromatic carbocycles. The lowest BCUT2D eigenvalue weighted by molar-refractivity contribution is -0.0498. The van der Waals surface area contributed by atoms with Crippen LogP contribution in [-0.4, -0.2) is 6.61 Å². The molecule has 0 spiro atoms. The van der Waals surface area contributed by atoms with Crippen molar-refractivity contribution >= 4 is 0 Å². The molecule has 0 unspecified atom stereocenters. The van der Waals surface area contributed by atoms with Gasteiger partial charge in [0, 0.05) is 5.92 Å². The zero-order valence-corrected chi connectivity index (χ0v) is 13.6. The molecule has 0 aromatic heterocycles. The number of hydrogen-bond acceptors (Lipinski definition) is 5. The summed E-state index contributed by atoms with van der Waals surface area (Å²) in [6.45, 7) is -2.94. The van der Waals surface area contributed by atoms with Gasteiger partial charge in [0.25, 0.3) is 0 Å². The molecule has 0 heterocycles. The summed E-state index contributed by atoms with van der Waals surface area (Å²) in [5.74, 6) is -0.528. The summed E-state index contributed by atoms with van der Waals surface area (Å²) in [7, 11) is 0. The second-order valence-corrected chi connectivity index (χ2v) is 6.25. The Morgan fingerprint density at radius 3 is 2.19 bits per heavy atom. The van der Waals surface area contributed by atoms with E-state index in [1.807, 2.05) is 18.2 Å². The van der Waals surface area contributed by atoms with Gasteiger partial charge >= 0.3 is 6.61 Å². The number of nitriles is 3. The molecular weight excluding hydrogens is 338 g/mol. The van der Waals surface area contributed by atoms with Crippen molar-refractivity contribution in [2.45, 2.75) is 25.4 Å². The molecule has 2 N–H and O–H groups in total. The quantitative estimate of drug-likeness (QED) is 0.892. The zero-order valence-electron chi connectivity index (χ0n) is 13.6. The predicted octanol–water partition coefficient (Wildman–Crippen LogP) is 3.49. The number of nitrogens with zero attached hydrogens (tertiary/aromatic N) is 3. The molecule has 1 aromatic rings. The summed E-state index contributed by atoms with van der Waals surface area (Å²) >= 11 is 0. The molecule has 1 atom stereocenters. The number of hydrogen-bond donors (Lipinski definition) is 1. The number of allylic oxidation sites excluding steroid dienone is 4. The SMILES string of the molecule is N#CC1=C(N)C(C#N)(C#N)[C@@H](c2ccc(OC(F)F)cc2)C=C1C1CC1. The van der Waals surface area contributed by atoms with E-state index < -0.39 is 17.9 Å². The molecule has 0 saturated heterocycles. The lowest BCUT2D eigenvalue weighted by Crippen LogP contribution is -2.35. The maximum atomic E-state index is 12.3. The van der Waals surface area contributed by atoms with Crippen molar-refractivity contribution in [3.63, 3.8) is 0 Å². The van der Waals surface area contributed by atoms with E-state index in [4.69, 9.17) is 5.73 Å². The summed E-state index contributed by atoms with van der Waals surface area (Å²) in [5, 5.41) is 28.9. The van der Waals surface area contributed by atoms with Gasteiger partial charge in [-0.3, -0.25) is 0 Å². The third kappa shape index (κ3) is 2.76. The Bertz CT molecular complexity index is 895. The highest BCUT2D eigenvalue weighted by Crippen LogP contribution is 2.51. The van der Waals surface area contributed by atoms with Gasteiger partial charge in [-0.15, -0.1) is 0 Å². The Morgan fingerprint density at radius 2 is 1.73 bits per heavy atom. The molecule has 2 aliphatic carbocycles. The Balaban J connectivity index is 2.09. The molecule has 0 amide bonds. The lowest BCUT2D eigenvalue weighted by Gasteiger charge is -2.33. The van der Waals surface area contributed by atoms with Crippen molar-refractivity contribution in [2.75, 3.05) is 0 Å². The molecule has 130 valence electrons. The van der Waals surface area contributed by atoms with Crippen LogP contribution in [0.4, 0.5) is 8.78 Å². The Hall–Kier alpha value is -3.37. The Kier molecular flexibility index (Phi) is 4.36. The summed E-state index contributed by atoms with van der Waals surface area (Å²) in [6.07, 6.45) is 3.59. The maximum absolute atomic E-state index is 12.3. The van der Waals surface area contributed by atoms with Gasteiger partial charge in [-0.05, 0) is 42.0 Å². The summed E-state index contributed by atoms with van der Waals surface area (Å²) < 4.78 is 29.0. The van der Waals surface area contributed by atoms with Gasteiger partial charge in [-0.2, -0.15) is 24.6 Å². The van der Waals surface area contributed by atoms with E-state index in [1.165, 1.54) is 24.3 Å². The topological polar surface area (TPSA) is 107 Å². The van der Waals surface area contributed by atoms with Crippen molar-refractivity contribution in [1.82, 2.24) is 0 Å². The number of nitrogens with two attached hydrogens (primary N) is 1. The molecular formula is C19H14F2N4O. The van der Waals surface area contributed by atoms with Gasteiger partial charge in [-0.25, -0.2) is 0 Å². The van der Waals surface area contributed by atoms with Gasteiger partial charge in [0.15, 0.2) is 5.41 Å². The van der Waals surface area contributed by atoms with E-state index in [0.29, 0.717) is 5.56 Å². The van der Waals surface area contributed by atoms with Crippen molar-refractivity contribution in [3.8, 4) is 24.0 Å². The number of alkyl halides is 2. The highest BCUT2D eigenvalue weighted by atomic mass is 19.3. The molecule has 2 aliphatic rings. The number of ether oxygens (including phenoxy) is 1. The van der Waals surface area contributed by atoms with Crippen molar-refractivity contribution in [3.05, 3.63) is 52.7 Å². The van der Waals surface area contributed by atoms with E-state index in [0.717, 1.165) is 18.4 Å². The third-order valence-corrected chi connectivity index (χ3v) is 4.74. The van der Waals surface area contributed by atoms with Gasteiger partial charge < -0.3 is 10.5 Å². The standard InChI is InChI=1S/C19H14F2N4O/c20-18(21)26-13-5-3-12(4-6-13)16-7-14(11-1-2-11)15(8-22)17(25)19(16,9-23)10-24/h3-7,11,16,18H,1-2,25H2/t16-/m1/s1. The van der Waals surface area contributed by atoms with E-state index in [1.54, 1.807) is 6.08 Å². The van der Waals surface area contributed by atoms with Crippen LogP contribution in [0.5, 0.6) is 5.75 Å². The number of benzene rings is 1. The minimum atomic E-state index is -2.94. The predicted molar refractivity (Wildman–Crippen MR) is 87.1 cm³/mol. The molecule has 1 fully saturated rings. The Morgan fingerprint density at radius 1 is 1.12 bits per heavy atom. The monoisotopic (exact) mass is 352 g/mol. The third-order valence-electron chi connectivity index (χ3n) is 4.74. The van der Waals surface area contributed by atoms with E-state index in [-0.39, 0.29) is 22.9 Å². The zero-order chi connectivity index (χ0) is 18.9. The first kappa shape index (κ1) is 17.5. The van der Waals surface area contributed by atoms with Crippen LogP contribution in [0.25, 0.3) is 0 Å². The highest BCUT2D eigenvalue weighted by molar-refractivity contribution is 5.60. The Labute approximate surface area is 149 Å². The number of rotatable bonds is 4. The second-order valence-electron chi connectivity index (χ2n) is 6.25. The first-order valence-corrected chi connectivity index (χ1v) is 7.96. The number of halogens is 2. The van der Waals surface area contributed by atoms with Gasteiger partial charge in [0.05, 0.1) is 23.4 Å². The molecule has 3 rings (SSSR count). The lowest BCUT2D eigenvalue weighted by atomic mass is 9.66. The van der Waals surface area contributed by atoms with Crippen molar-refractivity contribution < 1.29 is 13.5 Å². The molecule has 7 heteroatoms. The fourth-order valence-electron chi connectivity index (χ4n) is 3.25. The fraction of sp³-hybridized carbons (Fsp3) is 0.316. The van der Waals surface area contributed by atoms with Crippen molar-refractivity contribution in [1.29, 1.82) is 15.8 Å². The average molecular weight is 352 g/mol. The van der Waals surface area contributed by atoms with Crippen LogP contribution in [0.3, 0.4) is 0 Å². The summed E-state index contributed by atoms with van der Waals surface area (Å²) in [6, 6.07) is 11.7. The largest absolute Gasteiger partial charge is 0.435 e. The van der Waals surface area contributed by atoms with E-state index in [2.05, 4.69) is 4.74 Å². The summed E-state index contributed by atoms with van der Waals surface area (Å²) in [4.78, 5) is 0. The second kappa shape index (κ2) is 6.50. The smallest absolute Gasteiger partial charge is 0.387 e. The molecule has 0 bridgehead atoms. The molecule has 0 aliphatic heterocycles. The highest BCUT2D eigenvalue weighted by Gasteiger charge is 2.49. The molecule has 1 saturated carbocycles. The fourth-order valence-corrected chi connectivity index (χ4v) is 3.25. The van der Waals surface area contributed by atoms with Crippen LogP contribution in [0.1, 0.15) is 24.3 Å². The minimum absolute atomic E-state index is 0.0216. The molecule has 5 nitrogen and oxygen atoms in total. The van der Waals surface area contributed by atoms with Gasteiger partial charge in [-0.1, -0.05) is 18.2 Å². The first-order chi connectivity index (χ1) is 12.5. The van der Waals surface area contributed by atoms with Crippen LogP contribution < -0.4 is 10.5 Å². The van der Waals surface area contributed by atoms with E-state index >= 15 is 0 Å².